The van der Waals surface area contributed by atoms with Gasteiger partial charge >= 0.3 is 0 Å². The van der Waals surface area contributed by atoms with Crippen molar-refractivity contribution in [3.63, 3.8) is 0 Å². The second kappa shape index (κ2) is 6.32. The van der Waals surface area contributed by atoms with Crippen LogP contribution < -0.4 is 5.32 Å². The van der Waals surface area contributed by atoms with Gasteiger partial charge in [-0.15, -0.1) is 0 Å². The fourth-order valence-corrected chi connectivity index (χ4v) is 2.65. The molecule has 2 aromatic heterocycles. The van der Waals surface area contributed by atoms with E-state index >= 15 is 0 Å². The highest BCUT2D eigenvalue weighted by Gasteiger charge is 2.21. The van der Waals surface area contributed by atoms with Gasteiger partial charge in [0.2, 0.25) is 0 Å². The molecule has 1 aromatic carbocycles. The number of aromatic nitrogens is 3. The summed E-state index contributed by atoms with van der Waals surface area (Å²) in [6.45, 7) is 6.72. The number of rotatable bonds is 4. The fraction of sp³-hybridized carbons (Fsp3) is 0.316. The van der Waals surface area contributed by atoms with E-state index in [0.717, 1.165) is 28.8 Å². The molecule has 0 fully saturated rings. The topological polar surface area (TPSA) is 50.7 Å². The molecule has 1 unspecified atom stereocenters. The molecule has 23 heavy (non-hydrogen) atoms. The van der Waals surface area contributed by atoms with Gasteiger partial charge in [0, 0.05) is 12.4 Å². The molecule has 118 valence electrons. The van der Waals surface area contributed by atoms with Gasteiger partial charge in [-0.05, 0) is 35.6 Å². The van der Waals surface area contributed by atoms with Crippen LogP contribution in [0.4, 0.5) is 5.82 Å². The number of benzene rings is 1. The maximum Gasteiger partial charge on any atom is 0.145 e. The molecule has 4 heteroatoms. The first kappa shape index (κ1) is 15.4. The standard InChI is InChI=1S/C19H22N4/c1-19(2,3)11-17(14-7-6-10-20-12-14)23-18-13-21-15-8-4-5-9-16(15)22-18/h4-10,12-13,17H,11H2,1-3H3,(H,22,23). The van der Waals surface area contributed by atoms with E-state index < -0.39 is 0 Å². The Bertz CT molecular complexity index is 778. The number of pyridine rings is 1. The first-order chi connectivity index (χ1) is 11.0. The van der Waals surface area contributed by atoms with Crippen LogP contribution in [-0.4, -0.2) is 15.0 Å². The number of nitrogens with one attached hydrogen (secondary N) is 1. The van der Waals surface area contributed by atoms with Crippen molar-refractivity contribution in [1.82, 2.24) is 15.0 Å². The first-order valence-corrected chi connectivity index (χ1v) is 7.89. The van der Waals surface area contributed by atoms with E-state index in [1.54, 1.807) is 12.4 Å². The number of para-hydroxylation sites is 2. The molecule has 1 atom stereocenters. The van der Waals surface area contributed by atoms with Crippen LogP contribution in [0.25, 0.3) is 11.0 Å². The van der Waals surface area contributed by atoms with Gasteiger partial charge in [-0.3, -0.25) is 9.97 Å². The van der Waals surface area contributed by atoms with E-state index in [-0.39, 0.29) is 11.5 Å². The second-order valence-corrected chi connectivity index (χ2v) is 6.99. The summed E-state index contributed by atoms with van der Waals surface area (Å²) in [4.78, 5) is 13.4. The van der Waals surface area contributed by atoms with E-state index in [4.69, 9.17) is 0 Å². The van der Waals surface area contributed by atoms with Crippen molar-refractivity contribution in [3.05, 3.63) is 60.6 Å². The fourth-order valence-electron chi connectivity index (χ4n) is 2.65. The maximum atomic E-state index is 4.68. The summed E-state index contributed by atoms with van der Waals surface area (Å²) in [6, 6.07) is 12.1. The van der Waals surface area contributed by atoms with E-state index in [2.05, 4.69) is 47.1 Å². The highest BCUT2D eigenvalue weighted by atomic mass is 15.0. The van der Waals surface area contributed by atoms with Crippen molar-refractivity contribution < 1.29 is 0 Å². The molecule has 2 heterocycles. The van der Waals surface area contributed by atoms with E-state index in [1.807, 2.05) is 36.5 Å². The van der Waals surface area contributed by atoms with Gasteiger partial charge in [0.05, 0.1) is 23.3 Å². The molecule has 3 aromatic rings. The Morgan fingerprint density at radius 1 is 1.00 bits per heavy atom. The van der Waals surface area contributed by atoms with Crippen molar-refractivity contribution in [2.24, 2.45) is 5.41 Å². The molecule has 0 radical (unpaired) electrons. The molecule has 0 saturated heterocycles. The number of anilines is 1. The molecular weight excluding hydrogens is 284 g/mol. The molecule has 0 spiro atoms. The van der Waals surface area contributed by atoms with Gasteiger partial charge in [0.1, 0.15) is 5.82 Å². The highest BCUT2D eigenvalue weighted by molar-refractivity contribution is 5.75. The van der Waals surface area contributed by atoms with Crippen molar-refractivity contribution in [2.75, 3.05) is 5.32 Å². The van der Waals surface area contributed by atoms with Gasteiger partial charge < -0.3 is 5.32 Å². The maximum absolute atomic E-state index is 4.68. The van der Waals surface area contributed by atoms with Crippen molar-refractivity contribution in [3.8, 4) is 0 Å². The zero-order valence-electron chi connectivity index (χ0n) is 13.8. The van der Waals surface area contributed by atoms with E-state index in [9.17, 15) is 0 Å². The molecule has 3 rings (SSSR count). The SMILES string of the molecule is CC(C)(C)CC(Nc1cnc2ccccc2n1)c1cccnc1. The lowest BCUT2D eigenvalue weighted by molar-refractivity contribution is 0.352. The Morgan fingerprint density at radius 2 is 1.78 bits per heavy atom. The molecule has 0 aliphatic heterocycles. The zero-order valence-corrected chi connectivity index (χ0v) is 13.8. The van der Waals surface area contributed by atoms with Gasteiger partial charge in [-0.2, -0.15) is 0 Å². The van der Waals surface area contributed by atoms with Gasteiger partial charge in [-0.25, -0.2) is 4.98 Å². The smallest absolute Gasteiger partial charge is 0.145 e. The Balaban J connectivity index is 1.90. The second-order valence-electron chi connectivity index (χ2n) is 6.99. The number of hydrogen-bond acceptors (Lipinski definition) is 4. The third-order valence-electron chi connectivity index (χ3n) is 3.67. The highest BCUT2D eigenvalue weighted by Crippen LogP contribution is 2.31. The van der Waals surface area contributed by atoms with Crippen LogP contribution in [0.5, 0.6) is 0 Å². The van der Waals surface area contributed by atoms with E-state index in [1.165, 1.54) is 0 Å². The average Bonchev–Trinajstić information content (AvgIpc) is 2.54. The summed E-state index contributed by atoms with van der Waals surface area (Å²) in [5, 5.41) is 3.53. The van der Waals surface area contributed by atoms with Crippen LogP contribution in [0.1, 0.15) is 38.8 Å². The zero-order chi connectivity index (χ0) is 16.3. The van der Waals surface area contributed by atoms with E-state index in [0.29, 0.717) is 0 Å². The monoisotopic (exact) mass is 306 g/mol. The third-order valence-corrected chi connectivity index (χ3v) is 3.67. The van der Waals surface area contributed by atoms with Gasteiger partial charge in [-0.1, -0.05) is 39.0 Å². The molecule has 1 N–H and O–H groups in total. The lowest BCUT2D eigenvalue weighted by atomic mass is 9.86. The van der Waals surface area contributed by atoms with Crippen LogP contribution in [-0.2, 0) is 0 Å². The molecule has 4 nitrogen and oxygen atoms in total. The van der Waals surface area contributed by atoms with Gasteiger partial charge in [0.15, 0.2) is 0 Å². The summed E-state index contributed by atoms with van der Waals surface area (Å²) >= 11 is 0. The van der Waals surface area contributed by atoms with Crippen LogP contribution in [0.2, 0.25) is 0 Å². The summed E-state index contributed by atoms with van der Waals surface area (Å²) in [5.74, 6) is 0.793. The number of nitrogens with zero attached hydrogens (tertiary/aromatic N) is 3. The molecule has 0 aliphatic rings. The lowest BCUT2D eigenvalue weighted by Crippen LogP contribution is -2.19. The minimum Gasteiger partial charge on any atom is -0.362 e. The lowest BCUT2D eigenvalue weighted by Gasteiger charge is -2.27. The summed E-state index contributed by atoms with van der Waals surface area (Å²) < 4.78 is 0. The molecule has 0 saturated carbocycles. The quantitative estimate of drug-likeness (QED) is 0.764. The van der Waals surface area contributed by atoms with Crippen LogP contribution in [0.3, 0.4) is 0 Å². The normalized spacial score (nSPS) is 13.0. The Labute approximate surface area is 137 Å². The average molecular weight is 306 g/mol. The summed E-state index contributed by atoms with van der Waals surface area (Å²) in [6.07, 6.45) is 6.49. The minimum atomic E-state index is 0.152. The Kier molecular flexibility index (Phi) is 4.24. The number of hydrogen-bond donors (Lipinski definition) is 1. The third kappa shape index (κ3) is 4.03. The summed E-state index contributed by atoms with van der Waals surface area (Å²) in [5.41, 5.74) is 3.17. The Morgan fingerprint density at radius 3 is 2.48 bits per heavy atom. The number of fused-ring (bicyclic) bond motifs is 1. The molecule has 0 aliphatic carbocycles. The molecule has 0 bridgehead atoms. The molecular formula is C19H22N4. The predicted octanol–water partition coefficient (Wildman–Crippen LogP) is 4.61. The molecule has 0 amide bonds. The van der Waals surface area contributed by atoms with Gasteiger partial charge in [0.25, 0.3) is 0 Å². The van der Waals surface area contributed by atoms with Crippen LogP contribution in [0, 0.1) is 5.41 Å². The minimum absolute atomic E-state index is 0.152. The largest absolute Gasteiger partial charge is 0.362 e. The van der Waals surface area contributed by atoms with Crippen LogP contribution in [0.15, 0.2) is 55.0 Å². The summed E-state index contributed by atoms with van der Waals surface area (Å²) in [7, 11) is 0. The van der Waals surface area contributed by atoms with Crippen molar-refractivity contribution in [1.29, 1.82) is 0 Å². The van der Waals surface area contributed by atoms with Crippen molar-refractivity contribution >= 4 is 16.9 Å². The first-order valence-electron chi connectivity index (χ1n) is 7.89. The van der Waals surface area contributed by atoms with Crippen molar-refractivity contribution in [2.45, 2.75) is 33.2 Å². The Hall–Kier alpha value is -2.49. The predicted molar refractivity (Wildman–Crippen MR) is 94.2 cm³/mol. The van der Waals surface area contributed by atoms with Crippen LogP contribution >= 0.6 is 0 Å².